The Morgan fingerprint density at radius 3 is 1.34 bits per heavy atom. The van der Waals surface area contributed by atoms with Gasteiger partial charge in [0, 0.05) is 0 Å². The van der Waals surface area contributed by atoms with Crippen LogP contribution in [-0.2, 0) is 4.74 Å². The normalized spacial score (nSPS) is 14.4. The van der Waals surface area contributed by atoms with Crippen molar-refractivity contribution in [3.8, 4) is 0 Å². The molecule has 0 unspecified atom stereocenters. The molecule has 0 saturated carbocycles. The molecule has 0 aliphatic rings. The van der Waals surface area contributed by atoms with Crippen LogP contribution in [0.4, 0.5) is 25.2 Å². The molecule has 0 amide bonds. The Bertz CT molecular complexity index is 415. The molecule has 0 aromatic rings. The number of unbranched alkanes of at least 4 members (excludes halogenated alkanes) is 9. The summed E-state index contributed by atoms with van der Waals surface area (Å²) in [5.74, 6) is 0. The van der Waals surface area contributed by atoms with Gasteiger partial charge >= 0.3 is 33.0 Å². The third-order valence-corrected chi connectivity index (χ3v) is 5.40. The summed E-state index contributed by atoms with van der Waals surface area (Å²) in [6.07, 6.45) is 16.4. The molecular formula is C22H48F6NO2P. The van der Waals surface area contributed by atoms with E-state index in [4.69, 9.17) is 9.84 Å². The standard InChI is InChI=1S/C22H48NO2.F6P/c1-4-7-10-11-12-13-14-15-18-23(16-8-5-2,17-9-6-3)19-21-25-22-20-24;1-7(2,3,4,5)6/h24H,4-22H2,1-3H3;/q+1;-1. The van der Waals surface area contributed by atoms with Crippen LogP contribution in [0.2, 0.25) is 0 Å². The molecule has 10 heteroatoms. The third-order valence-electron chi connectivity index (χ3n) is 5.40. The van der Waals surface area contributed by atoms with Crippen LogP contribution in [0.25, 0.3) is 0 Å². The molecule has 0 saturated heterocycles. The number of hydrogen-bond acceptors (Lipinski definition) is 2. The summed E-state index contributed by atoms with van der Waals surface area (Å²) in [6, 6.07) is 0. The second-order valence-electron chi connectivity index (χ2n) is 8.71. The third kappa shape index (κ3) is 32.1. The molecule has 1 N–H and O–H groups in total. The van der Waals surface area contributed by atoms with E-state index in [9.17, 15) is 25.2 Å². The molecule has 0 aromatic heterocycles. The van der Waals surface area contributed by atoms with Gasteiger partial charge in [0.15, 0.2) is 0 Å². The number of aliphatic hydroxyl groups excluding tert-OH is 1. The molecule has 200 valence electrons. The summed E-state index contributed by atoms with van der Waals surface area (Å²) in [6.45, 7) is 13.3. The van der Waals surface area contributed by atoms with Gasteiger partial charge in [-0.2, -0.15) is 0 Å². The van der Waals surface area contributed by atoms with E-state index in [1.54, 1.807) is 0 Å². The molecule has 3 nitrogen and oxygen atoms in total. The maximum absolute atomic E-state index is 10.7. The fourth-order valence-electron chi connectivity index (χ4n) is 3.66. The summed E-state index contributed by atoms with van der Waals surface area (Å²) in [5, 5.41) is 8.93. The molecule has 0 bridgehead atoms. The summed E-state index contributed by atoms with van der Waals surface area (Å²) in [4.78, 5) is 0. The Morgan fingerprint density at radius 2 is 0.938 bits per heavy atom. The first-order valence-electron chi connectivity index (χ1n) is 12.3. The van der Waals surface area contributed by atoms with E-state index in [1.165, 1.54) is 101 Å². The fourth-order valence-corrected chi connectivity index (χ4v) is 3.66. The van der Waals surface area contributed by atoms with E-state index in [0.29, 0.717) is 6.61 Å². The minimum absolute atomic E-state index is 0.141. The number of quaternary nitrogens is 1. The van der Waals surface area contributed by atoms with Crippen LogP contribution in [0.3, 0.4) is 0 Å². The molecule has 0 atom stereocenters. The average molecular weight is 504 g/mol. The first kappa shape index (κ1) is 34.1. The van der Waals surface area contributed by atoms with Gasteiger partial charge in [-0.1, -0.05) is 72.1 Å². The Morgan fingerprint density at radius 1 is 0.562 bits per heavy atom. The molecule has 0 aliphatic heterocycles. The number of nitrogens with zero attached hydrogens (tertiary/aromatic N) is 1. The monoisotopic (exact) mass is 503 g/mol. The fraction of sp³-hybridized carbons (Fsp3) is 1.00. The van der Waals surface area contributed by atoms with Gasteiger partial charge in [-0.15, -0.1) is 0 Å². The number of ether oxygens (including phenoxy) is 1. The predicted octanol–water partition coefficient (Wildman–Crippen LogP) is 8.94. The van der Waals surface area contributed by atoms with Crippen molar-refractivity contribution in [2.75, 3.05) is 46.0 Å². The topological polar surface area (TPSA) is 29.5 Å². The van der Waals surface area contributed by atoms with Crippen LogP contribution in [0.15, 0.2) is 0 Å². The molecule has 0 heterocycles. The van der Waals surface area contributed by atoms with Crippen molar-refractivity contribution in [3.05, 3.63) is 0 Å². The van der Waals surface area contributed by atoms with Gasteiger partial charge in [0.05, 0.1) is 39.5 Å². The molecule has 0 aliphatic carbocycles. The van der Waals surface area contributed by atoms with Crippen molar-refractivity contribution in [3.63, 3.8) is 0 Å². The minimum atomic E-state index is -10.7. The number of rotatable bonds is 20. The summed E-state index contributed by atoms with van der Waals surface area (Å²) >= 11 is 0. The Balaban J connectivity index is 0. The SMILES string of the molecule is CCCCCCCCCC[N+](CCCC)(CCCC)CCOCCO.F[P-](F)(F)(F)(F)F. The summed E-state index contributed by atoms with van der Waals surface area (Å²) < 4.78 is 66.0. The maximum atomic E-state index is 9.87. The number of aliphatic hydroxyl groups is 1. The molecule has 0 radical (unpaired) electrons. The van der Waals surface area contributed by atoms with Gasteiger partial charge in [0.25, 0.3) is 0 Å². The van der Waals surface area contributed by atoms with E-state index >= 15 is 0 Å². The van der Waals surface area contributed by atoms with E-state index < -0.39 is 7.81 Å². The quantitative estimate of drug-likeness (QED) is 0.0778. The van der Waals surface area contributed by atoms with E-state index in [1.807, 2.05) is 0 Å². The van der Waals surface area contributed by atoms with Gasteiger partial charge in [-0.25, -0.2) is 0 Å². The summed E-state index contributed by atoms with van der Waals surface area (Å²) in [7, 11) is -10.7. The zero-order chi connectivity index (χ0) is 25.1. The molecule has 32 heavy (non-hydrogen) atoms. The first-order chi connectivity index (χ1) is 14.7. The van der Waals surface area contributed by atoms with Gasteiger partial charge in [0.1, 0.15) is 6.54 Å². The van der Waals surface area contributed by atoms with E-state index in [2.05, 4.69) is 20.8 Å². The Hall–Kier alpha value is -0.110. The summed E-state index contributed by atoms with van der Waals surface area (Å²) in [5.41, 5.74) is 0. The zero-order valence-corrected chi connectivity index (χ0v) is 21.3. The van der Waals surface area contributed by atoms with Crippen molar-refractivity contribution in [2.45, 2.75) is 97.8 Å². The molecule has 0 aromatic carbocycles. The van der Waals surface area contributed by atoms with Crippen molar-refractivity contribution < 1.29 is 39.5 Å². The van der Waals surface area contributed by atoms with E-state index in [0.717, 1.165) is 13.2 Å². The molecule has 0 spiro atoms. The van der Waals surface area contributed by atoms with Gasteiger partial charge in [0.2, 0.25) is 0 Å². The predicted molar refractivity (Wildman–Crippen MR) is 124 cm³/mol. The van der Waals surface area contributed by atoms with Crippen LogP contribution in [0.5, 0.6) is 0 Å². The van der Waals surface area contributed by atoms with Crippen molar-refractivity contribution >= 4 is 7.81 Å². The Kier molecular flexibility index (Phi) is 17.6. The van der Waals surface area contributed by atoms with Crippen LogP contribution in [0.1, 0.15) is 97.8 Å². The van der Waals surface area contributed by atoms with Crippen molar-refractivity contribution in [1.82, 2.24) is 0 Å². The molecule has 0 fully saturated rings. The average Bonchev–Trinajstić information content (AvgIpc) is 2.67. The zero-order valence-electron chi connectivity index (χ0n) is 20.5. The first-order valence-corrected chi connectivity index (χ1v) is 14.3. The van der Waals surface area contributed by atoms with Gasteiger partial charge in [-0.05, 0) is 25.7 Å². The van der Waals surface area contributed by atoms with Crippen LogP contribution in [0, 0.1) is 0 Å². The van der Waals surface area contributed by atoms with Crippen LogP contribution < -0.4 is 0 Å². The van der Waals surface area contributed by atoms with E-state index in [-0.39, 0.29) is 6.61 Å². The van der Waals surface area contributed by atoms with Crippen LogP contribution >= 0.6 is 7.81 Å². The second kappa shape index (κ2) is 16.5. The number of halogens is 6. The number of hydrogen-bond donors (Lipinski definition) is 1. The van der Waals surface area contributed by atoms with Gasteiger partial charge in [-0.3, -0.25) is 0 Å². The Labute approximate surface area is 191 Å². The second-order valence-corrected chi connectivity index (χ2v) is 10.6. The van der Waals surface area contributed by atoms with Crippen LogP contribution in [-0.4, -0.2) is 55.6 Å². The van der Waals surface area contributed by atoms with Gasteiger partial charge < -0.3 is 14.3 Å². The molecule has 0 rings (SSSR count). The molecular weight excluding hydrogens is 455 g/mol. The van der Waals surface area contributed by atoms with Crippen molar-refractivity contribution in [2.24, 2.45) is 0 Å². The van der Waals surface area contributed by atoms with Crippen molar-refractivity contribution in [1.29, 1.82) is 0 Å².